The lowest BCUT2D eigenvalue weighted by molar-refractivity contribution is -0.108. The molecule has 11 heteroatoms. The Bertz CT molecular complexity index is 1330. The molecule has 1 fully saturated rings. The molecule has 0 atom stereocenters. The molecule has 0 N–H and O–H groups in total. The maximum absolute atomic E-state index is 11.8. The average Bonchev–Trinajstić information content (AvgIpc) is 3.32. The molecule has 0 spiro atoms. The molecule has 0 saturated carbocycles. The van der Waals surface area contributed by atoms with Crippen LogP contribution in [-0.2, 0) is 27.4 Å². The van der Waals surface area contributed by atoms with Crippen molar-refractivity contribution in [1.29, 1.82) is 0 Å². The zero-order chi connectivity index (χ0) is 21.6. The summed E-state index contributed by atoms with van der Waals surface area (Å²) in [6.45, 7) is 1.48. The normalized spacial score (nSPS) is 13.8. The largest absolute Gasteiger partial charge is 0.348 e. The van der Waals surface area contributed by atoms with Crippen molar-refractivity contribution in [1.82, 2.24) is 29.1 Å². The number of ether oxygens (including phenoxy) is 2. The SMILES string of the molecule is O=CCn1c(=O)cnc2cccnc21.O=c1cnc2cccnc2n1CC1OCCO1. The molecule has 4 aromatic rings. The fourth-order valence-corrected chi connectivity index (χ4v) is 3.08. The Morgan fingerprint density at radius 3 is 2.00 bits per heavy atom. The van der Waals surface area contributed by atoms with E-state index in [2.05, 4.69) is 19.9 Å². The van der Waals surface area contributed by atoms with Gasteiger partial charge in [-0.2, -0.15) is 0 Å². The van der Waals surface area contributed by atoms with Gasteiger partial charge < -0.3 is 14.3 Å². The summed E-state index contributed by atoms with van der Waals surface area (Å²) in [7, 11) is 0. The van der Waals surface area contributed by atoms with Crippen molar-refractivity contribution >= 4 is 28.6 Å². The summed E-state index contributed by atoms with van der Waals surface area (Å²) in [6.07, 6.45) is 5.96. The monoisotopic (exact) mass is 422 g/mol. The molecule has 11 nitrogen and oxygen atoms in total. The zero-order valence-corrected chi connectivity index (χ0v) is 16.3. The first kappa shape index (κ1) is 20.4. The number of carbonyl (C=O) groups excluding carboxylic acids is 1. The summed E-state index contributed by atoms with van der Waals surface area (Å²) in [6, 6.07) is 7.06. The van der Waals surface area contributed by atoms with Gasteiger partial charge in [0.15, 0.2) is 17.6 Å². The van der Waals surface area contributed by atoms with Crippen molar-refractivity contribution in [2.24, 2.45) is 0 Å². The number of aromatic nitrogens is 6. The molecular weight excluding hydrogens is 404 g/mol. The van der Waals surface area contributed by atoms with Crippen molar-refractivity contribution in [3.8, 4) is 0 Å². The van der Waals surface area contributed by atoms with Crippen molar-refractivity contribution in [3.05, 3.63) is 69.8 Å². The number of nitrogens with zero attached hydrogens (tertiary/aromatic N) is 6. The third-order valence-electron chi connectivity index (χ3n) is 4.48. The summed E-state index contributed by atoms with van der Waals surface area (Å²) in [4.78, 5) is 49.6. The molecule has 4 aromatic heterocycles. The maximum Gasteiger partial charge on any atom is 0.271 e. The molecule has 5 rings (SSSR count). The third kappa shape index (κ3) is 4.52. The zero-order valence-electron chi connectivity index (χ0n) is 16.3. The minimum absolute atomic E-state index is 0.00880. The number of rotatable bonds is 4. The van der Waals surface area contributed by atoms with Crippen LogP contribution in [0, 0.1) is 0 Å². The molecule has 0 bridgehead atoms. The van der Waals surface area contributed by atoms with Gasteiger partial charge in [0.2, 0.25) is 0 Å². The predicted molar refractivity (Wildman–Crippen MR) is 109 cm³/mol. The van der Waals surface area contributed by atoms with Gasteiger partial charge in [-0.25, -0.2) is 19.9 Å². The second-order valence-corrected chi connectivity index (χ2v) is 6.44. The van der Waals surface area contributed by atoms with Crippen LogP contribution in [-0.4, -0.2) is 54.9 Å². The maximum atomic E-state index is 11.8. The van der Waals surface area contributed by atoms with Crippen molar-refractivity contribution < 1.29 is 14.3 Å². The highest BCUT2D eigenvalue weighted by atomic mass is 16.7. The average molecular weight is 422 g/mol. The van der Waals surface area contributed by atoms with Gasteiger partial charge in [-0.15, -0.1) is 0 Å². The first-order chi connectivity index (χ1) is 15.2. The van der Waals surface area contributed by atoms with Crippen LogP contribution in [0.1, 0.15) is 0 Å². The molecule has 1 aliphatic rings. The van der Waals surface area contributed by atoms with E-state index in [4.69, 9.17) is 9.47 Å². The standard InChI is InChI=1S/C11H11N3O3.C9H7N3O2/c15-9-6-13-8-2-1-3-12-11(8)14(9)7-10-16-4-5-17-10;13-5-4-12-8(14)6-11-7-2-1-3-10-9(7)12/h1-3,6,10H,4-5,7H2;1-3,5-6H,4H2. The predicted octanol–water partition coefficient (Wildman–Crippen LogP) is 0.155. The van der Waals surface area contributed by atoms with E-state index < -0.39 is 0 Å². The lowest BCUT2D eigenvalue weighted by Crippen LogP contribution is -2.28. The van der Waals surface area contributed by atoms with Crippen LogP contribution in [0.4, 0.5) is 0 Å². The van der Waals surface area contributed by atoms with Gasteiger partial charge in [-0.3, -0.25) is 18.7 Å². The molecule has 31 heavy (non-hydrogen) atoms. The second kappa shape index (κ2) is 9.32. The van der Waals surface area contributed by atoms with E-state index in [1.54, 1.807) is 30.6 Å². The van der Waals surface area contributed by atoms with Gasteiger partial charge in [-0.1, -0.05) is 0 Å². The lowest BCUT2D eigenvalue weighted by Gasteiger charge is -2.12. The van der Waals surface area contributed by atoms with Crippen LogP contribution < -0.4 is 11.1 Å². The summed E-state index contributed by atoms with van der Waals surface area (Å²) in [5.74, 6) is 0. The van der Waals surface area contributed by atoms with Gasteiger partial charge in [0.25, 0.3) is 11.1 Å². The van der Waals surface area contributed by atoms with E-state index in [1.165, 1.54) is 21.5 Å². The first-order valence-electron chi connectivity index (χ1n) is 9.45. The van der Waals surface area contributed by atoms with Crippen LogP contribution in [0.15, 0.2) is 58.6 Å². The molecule has 5 heterocycles. The summed E-state index contributed by atoms with van der Waals surface area (Å²) in [5, 5.41) is 0. The Morgan fingerprint density at radius 1 is 0.871 bits per heavy atom. The Kier molecular flexibility index (Phi) is 6.15. The molecular formula is C20H18N6O5. The molecule has 1 saturated heterocycles. The fourth-order valence-electron chi connectivity index (χ4n) is 3.08. The van der Waals surface area contributed by atoms with E-state index in [0.29, 0.717) is 48.4 Å². The highest BCUT2D eigenvalue weighted by molar-refractivity contribution is 5.70. The molecule has 0 aromatic carbocycles. The highest BCUT2D eigenvalue weighted by Crippen LogP contribution is 2.10. The summed E-state index contributed by atoms with van der Waals surface area (Å²) < 4.78 is 13.5. The number of pyridine rings is 2. The summed E-state index contributed by atoms with van der Waals surface area (Å²) >= 11 is 0. The Hall–Kier alpha value is -3.83. The van der Waals surface area contributed by atoms with Crippen LogP contribution >= 0.6 is 0 Å². The highest BCUT2D eigenvalue weighted by Gasteiger charge is 2.18. The minimum Gasteiger partial charge on any atom is -0.348 e. The molecule has 0 unspecified atom stereocenters. The van der Waals surface area contributed by atoms with Gasteiger partial charge in [0.05, 0.1) is 38.7 Å². The van der Waals surface area contributed by atoms with Crippen LogP contribution in [0.2, 0.25) is 0 Å². The quantitative estimate of drug-likeness (QED) is 0.422. The number of hydrogen-bond acceptors (Lipinski definition) is 9. The lowest BCUT2D eigenvalue weighted by atomic mass is 10.4. The first-order valence-corrected chi connectivity index (χ1v) is 9.45. The number of carbonyl (C=O) groups is 1. The van der Waals surface area contributed by atoms with Crippen LogP contribution in [0.25, 0.3) is 22.3 Å². The van der Waals surface area contributed by atoms with E-state index in [9.17, 15) is 14.4 Å². The molecule has 0 radical (unpaired) electrons. The minimum atomic E-state index is -0.375. The van der Waals surface area contributed by atoms with Crippen molar-refractivity contribution in [2.45, 2.75) is 19.4 Å². The summed E-state index contributed by atoms with van der Waals surface area (Å²) in [5.41, 5.74) is 1.77. The van der Waals surface area contributed by atoms with Crippen LogP contribution in [0.5, 0.6) is 0 Å². The second-order valence-electron chi connectivity index (χ2n) is 6.44. The van der Waals surface area contributed by atoms with E-state index in [1.807, 2.05) is 6.07 Å². The van der Waals surface area contributed by atoms with E-state index in [0.717, 1.165) is 0 Å². The third-order valence-corrected chi connectivity index (χ3v) is 4.48. The Labute approximate surface area is 174 Å². The van der Waals surface area contributed by atoms with Gasteiger partial charge in [-0.05, 0) is 24.3 Å². The van der Waals surface area contributed by atoms with Gasteiger partial charge in [0.1, 0.15) is 17.3 Å². The molecule has 0 amide bonds. The number of aldehydes is 1. The Balaban J connectivity index is 0.000000152. The van der Waals surface area contributed by atoms with Gasteiger partial charge in [0, 0.05) is 12.4 Å². The molecule has 1 aliphatic heterocycles. The Morgan fingerprint density at radius 2 is 1.42 bits per heavy atom. The number of hydrogen-bond donors (Lipinski definition) is 0. The van der Waals surface area contributed by atoms with Crippen molar-refractivity contribution in [2.75, 3.05) is 13.2 Å². The van der Waals surface area contributed by atoms with Crippen molar-refractivity contribution in [3.63, 3.8) is 0 Å². The van der Waals surface area contributed by atoms with Gasteiger partial charge >= 0.3 is 0 Å². The topological polar surface area (TPSA) is 131 Å². The molecule has 0 aliphatic carbocycles. The van der Waals surface area contributed by atoms with E-state index in [-0.39, 0.29) is 24.0 Å². The number of fused-ring (bicyclic) bond motifs is 2. The fraction of sp³-hybridized carbons (Fsp3) is 0.250. The van der Waals surface area contributed by atoms with Crippen LogP contribution in [0.3, 0.4) is 0 Å². The van der Waals surface area contributed by atoms with E-state index >= 15 is 0 Å². The smallest absolute Gasteiger partial charge is 0.271 e. The molecule has 158 valence electrons.